The van der Waals surface area contributed by atoms with Crippen LogP contribution in [0.25, 0.3) is 0 Å². The van der Waals surface area contributed by atoms with Gasteiger partial charge in [-0.15, -0.1) is 0 Å². The summed E-state index contributed by atoms with van der Waals surface area (Å²) in [6.45, 7) is 2.98. The highest BCUT2D eigenvalue weighted by molar-refractivity contribution is 5.84. The van der Waals surface area contributed by atoms with E-state index < -0.39 is 5.60 Å². The smallest absolute Gasteiger partial charge is 0.252 e. The Morgan fingerprint density at radius 1 is 1.80 bits per heavy atom. The molecule has 0 bridgehead atoms. The maximum atomic E-state index is 11.8. The van der Waals surface area contributed by atoms with Crippen molar-refractivity contribution in [3.8, 4) is 0 Å². The third-order valence-corrected chi connectivity index (χ3v) is 2.70. The average molecular weight is 209 g/mol. The lowest BCUT2D eigenvalue weighted by Crippen LogP contribution is -2.43. The molecule has 0 aliphatic carbocycles. The van der Waals surface area contributed by atoms with Crippen molar-refractivity contribution in [1.29, 1.82) is 0 Å². The van der Waals surface area contributed by atoms with Gasteiger partial charge >= 0.3 is 0 Å². The lowest BCUT2D eigenvalue weighted by Gasteiger charge is -2.21. The van der Waals surface area contributed by atoms with E-state index in [4.69, 9.17) is 4.74 Å². The number of ether oxygens (including phenoxy) is 1. The van der Waals surface area contributed by atoms with E-state index in [-0.39, 0.29) is 5.91 Å². The van der Waals surface area contributed by atoms with Crippen LogP contribution < -0.4 is 5.32 Å². The van der Waals surface area contributed by atoms with Gasteiger partial charge < -0.3 is 10.1 Å². The van der Waals surface area contributed by atoms with Crippen LogP contribution in [0.2, 0.25) is 0 Å². The number of aromatic nitrogens is 2. The molecular weight excluding hydrogens is 194 g/mol. The predicted octanol–water partition coefficient (Wildman–Crippen LogP) is 0.595. The van der Waals surface area contributed by atoms with Crippen molar-refractivity contribution in [1.82, 2.24) is 15.5 Å². The number of hydrogen-bond donors (Lipinski definition) is 2. The van der Waals surface area contributed by atoms with Crippen molar-refractivity contribution < 1.29 is 9.53 Å². The van der Waals surface area contributed by atoms with E-state index in [1.807, 2.05) is 13.0 Å². The van der Waals surface area contributed by atoms with E-state index in [0.717, 1.165) is 18.5 Å². The molecule has 0 spiro atoms. The molecule has 1 saturated heterocycles. The zero-order chi connectivity index (χ0) is 10.7. The van der Waals surface area contributed by atoms with E-state index in [1.165, 1.54) is 0 Å². The maximum Gasteiger partial charge on any atom is 0.252 e. The number of carbonyl (C=O) groups excluding carboxylic acids is 1. The first-order chi connectivity index (χ1) is 7.21. The average Bonchev–Trinajstić information content (AvgIpc) is 2.85. The largest absolute Gasteiger partial charge is 0.365 e. The van der Waals surface area contributed by atoms with Gasteiger partial charge in [-0.2, -0.15) is 5.10 Å². The fourth-order valence-electron chi connectivity index (χ4n) is 1.70. The molecule has 0 saturated carbocycles. The Balaban J connectivity index is 1.87. The first-order valence-electron chi connectivity index (χ1n) is 5.11. The van der Waals surface area contributed by atoms with Crippen molar-refractivity contribution in [3.05, 3.63) is 18.0 Å². The van der Waals surface area contributed by atoms with E-state index in [2.05, 4.69) is 15.5 Å². The maximum absolute atomic E-state index is 11.8. The molecule has 2 rings (SSSR count). The van der Waals surface area contributed by atoms with Crippen molar-refractivity contribution in [2.45, 2.75) is 31.9 Å². The number of carbonyl (C=O) groups is 1. The second-order valence-electron chi connectivity index (χ2n) is 3.95. The molecule has 1 aliphatic rings. The number of nitrogens with zero attached hydrogens (tertiary/aromatic N) is 1. The summed E-state index contributed by atoms with van der Waals surface area (Å²) in [5.41, 5.74) is 0.255. The van der Waals surface area contributed by atoms with Gasteiger partial charge in [-0.3, -0.25) is 9.89 Å². The lowest BCUT2D eigenvalue weighted by molar-refractivity contribution is -0.139. The first-order valence-corrected chi connectivity index (χ1v) is 5.11. The van der Waals surface area contributed by atoms with Crippen molar-refractivity contribution in [2.75, 3.05) is 6.61 Å². The Labute approximate surface area is 88.2 Å². The number of amides is 1. The van der Waals surface area contributed by atoms with Crippen LogP contribution >= 0.6 is 0 Å². The van der Waals surface area contributed by atoms with Gasteiger partial charge in [0.25, 0.3) is 5.91 Å². The number of hydrogen-bond acceptors (Lipinski definition) is 3. The molecule has 5 heteroatoms. The normalized spacial score (nSPS) is 25.4. The van der Waals surface area contributed by atoms with Gasteiger partial charge in [0.15, 0.2) is 0 Å². The number of rotatable bonds is 3. The quantitative estimate of drug-likeness (QED) is 0.765. The van der Waals surface area contributed by atoms with E-state index in [1.54, 1.807) is 6.20 Å². The highest BCUT2D eigenvalue weighted by atomic mass is 16.5. The van der Waals surface area contributed by atoms with E-state index in [0.29, 0.717) is 13.2 Å². The highest BCUT2D eigenvalue weighted by Crippen LogP contribution is 2.24. The lowest BCUT2D eigenvalue weighted by atomic mass is 10.0. The third-order valence-electron chi connectivity index (χ3n) is 2.70. The monoisotopic (exact) mass is 209 g/mol. The standard InChI is InChI=1S/C10H15N3O2/c1-10(4-2-6-15-10)9(14)11-7-8-3-5-12-13-8/h3,5H,2,4,6-7H2,1H3,(H,11,14)(H,12,13). The van der Waals surface area contributed by atoms with Gasteiger partial charge in [-0.1, -0.05) is 0 Å². The van der Waals surface area contributed by atoms with Crippen LogP contribution in [-0.4, -0.2) is 28.3 Å². The summed E-state index contributed by atoms with van der Waals surface area (Å²) >= 11 is 0. The summed E-state index contributed by atoms with van der Waals surface area (Å²) < 4.78 is 5.43. The molecule has 0 aromatic carbocycles. The van der Waals surface area contributed by atoms with Crippen molar-refractivity contribution in [3.63, 3.8) is 0 Å². The zero-order valence-corrected chi connectivity index (χ0v) is 8.75. The molecule has 15 heavy (non-hydrogen) atoms. The summed E-state index contributed by atoms with van der Waals surface area (Å²) in [5.74, 6) is -0.0467. The fourth-order valence-corrected chi connectivity index (χ4v) is 1.70. The number of aromatic amines is 1. The highest BCUT2D eigenvalue weighted by Gasteiger charge is 2.37. The molecule has 5 nitrogen and oxygen atoms in total. The molecule has 1 fully saturated rings. The van der Waals surface area contributed by atoms with Crippen LogP contribution in [-0.2, 0) is 16.1 Å². The summed E-state index contributed by atoms with van der Waals surface area (Å²) in [6.07, 6.45) is 3.41. The van der Waals surface area contributed by atoms with Gasteiger partial charge in [0.2, 0.25) is 0 Å². The zero-order valence-electron chi connectivity index (χ0n) is 8.75. The molecule has 1 aliphatic heterocycles. The SMILES string of the molecule is CC1(C(=O)NCc2ccn[nH]2)CCCO1. The van der Waals surface area contributed by atoms with Crippen LogP contribution in [0.5, 0.6) is 0 Å². The molecule has 1 unspecified atom stereocenters. The molecule has 1 aromatic heterocycles. The predicted molar refractivity (Wildman–Crippen MR) is 54.0 cm³/mol. The van der Waals surface area contributed by atoms with Crippen LogP contribution in [0.1, 0.15) is 25.5 Å². The first kappa shape index (κ1) is 10.2. The van der Waals surface area contributed by atoms with Gasteiger partial charge in [0.05, 0.1) is 12.2 Å². The van der Waals surface area contributed by atoms with Gasteiger partial charge in [-0.25, -0.2) is 0 Å². The number of H-pyrrole nitrogens is 1. The van der Waals surface area contributed by atoms with Crippen LogP contribution in [0.4, 0.5) is 0 Å². The van der Waals surface area contributed by atoms with Crippen LogP contribution in [0.15, 0.2) is 12.3 Å². The molecule has 82 valence electrons. The fraction of sp³-hybridized carbons (Fsp3) is 0.600. The Kier molecular flexibility index (Phi) is 2.73. The molecule has 1 aromatic rings. The van der Waals surface area contributed by atoms with Crippen LogP contribution in [0, 0.1) is 0 Å². The third kappa shape index (κ3) is 2.18. The molecule has 2 heterocycles. The van der Waals surface area contributed by atoms with Crippen molar-refractivity contribution >= 4 is 5.91 Å². The minimum atomic E-state index is -0.639. The van der Waals surface area contributed by atoms with Crippen LogP contribution in [0.3, 0.4) is 0 Å². The topological polar surface area (TPSA) is 67.0 Å². The number of nitrogens with one attached hydrogen (secondary N) is 2. The van der Waals surface area contributed by atoms with Gasteiger partial charge in [0, 0.05) is 12.8 Å². The van der Waals surface area contributed by atoms with E-state index in [9.17, 15) is 4.79 Å². The van der Waals surface area contributed by atoms with Crippen molar-refractivity contribution in [2.24, 2.45) is 0 Å². The van der Waals surface area contributed by atoms with Gasteiger partial charge in [-0.05, 0) is 25.8 Å². The minimum absolute atomic E-state index is 0.0467. The Morgan fingerprint density at radius 3 is 3.27 bits per heavy atom. The second-order valence-corrected chi connectivity index (χ2v) is 3.95. The molecule has 0 radical (unpaired) electrons. The summed E-state index contributed by atoms with van der Waals surface area (Å²) in [7, 11) is 0. The molecular formula is C10H15N3O2. The minimum Gasteiger partial charge on any atom is -0.365 e. The summed E-state index contributed by atoms with van der Waals surface area (Å²) in [6, 6.07) is 1.83. The summed E-state index contributed by atoms with van der Waals surface area (Å²) in [4.78, 5) is 11.8. The molecule has 2 N–H and O–H groups in total. The molecule has 1 amide bonds. The second kappa shape index (κ2) is 4.02. The van der Waals surface area contributed by atoms with Gasteiger partial charge in [0.1, 0.15) is 5.60 Å². The Morgan fingerprint density at radius 2 is 2.67 bits per heavy atom. The summed E-state index contributed by atoms with van der Waals surface area (Å²) in [5, 5.41) is 9.43. The Bertz CT molecular complexity index is 328. The molecule has 1 atom stereocenters. The van der Waals surface area contributed by atoms with E-state index >= 15 is 0 Å². The Hall–Kier alpha value is -1.36.